The van der Waals surface area contributed by atoms with E-state index in [0.717, 1.165) is 16.3 Å². The second kappa shape index (κ2) is 3.25. The van der Waals surface area contributed by atoms with Crippen LogP contribution in [0.15, 0.2) is 29.8 Å². The quantitative estimate of drug-likeness (QED) is 0.679. The minimum Gasteiger partial charge on any atom is -0.256 e. The van der Waals surface area contributed by atoms with Crippen molar-refractivity contribution in [2.75, 3.05) is 0 Å². The van der Waals surface area contributed by atoms with E-state index in [0.29, 0.717) is 0 Å². The van der Waals surface area contributed by atoms with E-state index in [4.69, 9.17) is 11.6 Å². The highest BCUT2D eigenvalue weighted by Crippen LogP contribution is 2.28. The molecule has 0 aromatic carbocycles. The van der Waals surface area contributed by atoms with Crippen LogP contribution in [0.2, 0.25) is 5.02 Å². The first kappa shape index (κ1) is 7.77. The molecule has 0 amide bonds. The van der Waals surface area contributed by atoms with Gasteiger partial charge in [0.15, 0.2) is 0 Å². The lowest BCUT2D eigenvalue weighted by Gasteiger charge is -1.94. The van der Waals surface area contributed by atoms with E-state index in [9.17, 15) is 0 Å². The molecule has 0 N–H and O–H groups in total. The molecule has 0 aliphatic rings. The molecule has 12 heavy (non-hydrogen) atoms. The third-order valence-corrected chi connectivity index (χ3v) is 2.59. The fourth-order valence-electron chi connectivity index (χ4n) is 0.933. The van der Waals surface area contributed by atoms with Gasteiger partial charge in [-0.15, -0.1) is 11.3 Å². The van der Waals surface area contributed by atoms with Crippen LogP contribution in [0.3, 0.4) is 0 Å². The maximum atomic E-state index is 5.91. The second-order valence-corrected chi connectivity index (χ2v) is 3.36. The maximum Gasteiger partial charge on any atom is 0.0732 e. The Balaban J connectivity index is 2.51. The van der Waals surface area contributed by atoms with Gasteiger partial charge < -0.3 is 0 Å². The van der Waals surface area contributed by atoms with E-state index in [1.807, 2.05) is 23.6 Å². The topological polar surface area (TPSA) is 12.9 Å². The van der Waals surface area contributed by atoms with Gasteiger partial charge in [-0.3, -0.25) is 4.98 Å². The summed E-state index contributed by atoms with van der Waals surface area (Å²) in [7, 11) is 0. The number of nitrogens with zero attached hydrogens (tertiary/aromatic N) is 1. The largest absolute Gasteiger partial charge is 0.256 e. The van der Waals surface area contributed by atoms with Crippen LogP contribution in [0.5, 0.6) is 0 Å². The molecule has 0 aliphatic carbocycles. The van der Waals surface area contributed by atoms with Gasteiger partial charge in [0.1, 0.15) is 0 Å². The molecule has 0 bridgehead atoms. The summed E-state index contributed by atoms with van der Waals surface area (Å²) in [6.07, 6.45) is 1.75. The summed E-state index contributed by atoms with van der Waals surface area (Å²) in [5, 5.41) is 5.64. The van der Waals surface area contributed by atoms with Gasteiger partial charge in [0, 0.05) is 17.1 Å². The van der Waals surface area contributed by atoms with Gasteiger partial charge >= 0.3 is 0 Å². The van der Waals surface area contributed by atoms with Gasteiger partial charge in [-0.2, -0.15) is 0 Å². The summed E-state index contributed by atoms with van der Waals surface area (Å²) in [5.41, 5.74) is 1.77. The first-order valence-corrected chi connectivity index (χ1v) is 4.70. The summed E-state index contributed by atoms with van der Waals surface area (Å²) < 4.78 is 0. The Morgan fingerprint density at radius 1 is 1.42 bits per heavy atom. The number of hydrogen-bond acceptors (Lipinski definition) is 2. The molecule has 0 spiro atoms. The molecule has 0 saturated carbocycles. The van der Waals surface area contributed by atoms with E-state index in [1.165, 1.54) is 11.3 Å². The first-order valence-electron chi connectivity index (χ1n) is 3.44. The fourth-order valence-corrected chi connectivity index (χ4v) is 1.88. The van der Waals surface area contributed by atoms with Crippen molar-refractivity contribution in [3.63, 3.8) is 0 Å². The van der Waals surface area contributed by atoms with Crippen molar-refractivity contribution in [2.45, 2.75) is 0 Å². The van der Waals surface area contributed by atoms with Gasteiger partial charge in [-0.1, -0.05) is 17.7 Å². The zero-order valence-corrected chi connectivity index (χ0v) is 7.69. The summed E-state index contributed by atoms with van der Waals surface area (Å²) in [6, 6.07) is 5.73. The lowest BCUT2D eigenvalue weighted by Crippen LogP contribution is -1.78. The molecule has 2 heterocycles. The number of pyridine rings is 1. The molecule has 2 rings (SSSR count). The van der Waals surface area contributed by atoms with Crippen LogP contribution in [-0.4, -0.2) is 4.98 Å². The highest BCUT2D eigenvalue weighted by Gasteiger charge is 2.04. The number of aromatic nitrogens is 1. The van der Waals surface area contributed by atoms with Crippen LogP contribution >= 0.6 is 22.9 Å². The molecular formula is C9H5ClNS. The zero-order chi connectivity index (χ0) is 8.39. The highest BCUT2D eigenvalue weighted by molar-refractivity contribution is 7.08. The van der Waals surface area contributed by atoms with E-state index in [2.05, 4.69) is 10.4 Å². The van der Waals surface area contributed by atoms with Crippen LogP contribution < -0.4 is 0 Å². The van der Waals surface area contributed by atoms with Gasteiger partial charge in [0.05, 0.1) is 16.1 Å². The molecule has 0 fully saturated rings. The van der Waals surface area contributed by atoms with Crippen LogP contribution in [0.4, 0.5) is 0 Å². The van der Waals surface area contributed by atoms with Crippen molar-refractivity contribution in [3.05, 3.63) is 40.2 Å². The average Bonchev–Trinajstić information content (AvgIpc) is 2.53. The van der Waals surface area contributed by atoms with Crippen LogP contribution in [0, 0.1) is 5.38 Å². The van der Waals surface area contributed by atoms with Crippen molar-refractivity contribution in [1.29, 1.82) is 0 Å². The third-order valence-electron chi connectivity index (χ3n) is 1.48. The van der Waals surface area contributed by atoms with Crippen LogP contribution in [0.25, 0.3) is 11.3 Å². The van der Waals surface area contributed by atoms with Gasteiger partial charge in [-0.05, 0) is 12.1 Å². The van der Waals surface area contributed by atoms with Gasteiger partial charge in [-0.25, -0.2) is 0 Å². The minimum atomic E-state index is 0.721. The Morgan fingerprint density at radius 3 is 2.92 bits per heavy atom. The predicted octanol–water partition coefficient (Wildman–Crippen LogP) is 3.26. The van der Waals surface area contributed by atoms with E-state index >= 15 is 0 Å². The van der Waals surface area contributed by atoms with Crippen molar-refractivity contribution in [1.82, 2.24) is 4.98 Å². The molecule has 1 radical (unpaired) electrons. The molecule has 0 unspecified atom stereocenters. The SMILES string of the molecule is Clc1cs[c]c1-c1ccccn1. The van der Waals surface area contributed by atoms with Gasteiger partial charge in [0.25, 0.3) is 0 Å². The summed E-state index contributed by atoms with van der Waals surface area (Å²) >= 11 is 7.38. The minimum absolute atomic E-state index is 0.721. The smallest absolute Gasteiger partial charge is 0.0732 e. The molecule has 0 atom stereocenters. The number of thiophene rings is 1. The Labute approximate surface area is 79.7 Å². The first-order chi connectivity index (χ1) is 5.88. The fraction of sp³-hybridized carbons (Fsp3) is 0. The number of rotatable bonds is 1. The van der Waals surface area contributed by atoms with Crippen molar-refractivity contribution >= 4 is 22.9 Å². The second-order valence-electron chi connectivity index (χ2n) is 2.28. The molecule has 0 aliphatic heterocycles. The Morgan fingerprint density at radius 2 is 2.33 bits per heavy atom. The average molecular weight is 195 g/mol. The van der Waals surface area contributed by atoms with E-state index < -0.39 is 0 Å². The molecule has 2 aromatic heterocycles. The monoisotopic (exact) mass is 194 g/mol. The van der Waals surface area contributed by atoms with Crippen LogP contribution in [-0.2, 0) is 0 Å². The maximum absolute atomic E-state index is 5.91. The number of halogens is 1. The lowest BCUT2D eigenvalue weighted by molar-refractivity contribution is 1.33. The summed E-state index contributed by atoms with van der Waals surface area (Å²) in [5.74, 6) is 0. The molecule has 59 valence electrons. The number of hydrogen-bond donors (Lipinski definition) is 0. The third kappa shape index (κ3) is 1.36. The van der Waals surface area contributed by atoms with Crippen LogP contribution in [0.1, 0.15) is 0 Å². The van der Waals surface area contributed by atoms with Crippen molar-refractivity contribution in [3.8, 4) is 11.3 Å². The van der Waals surface area contributed by atoms with E-state index in [1.54, 1.807) is 6.20 Å². The van der Waals surface area contributed by atoms with Crippen molar-refractivity contribution < 1.29 is 0 Å². The normalized spacial score (nSPS) is 10.1. The zero-order valence-electron chi connectivity index (χ0n) is 6.12. The lowest BCUT2D eigenvalue weighted by atomic mass is 10.2. The van der Waals surface area contributed by atoms with Gasteiger partial charge in [0.2, 0.25) is 0 Å². The summed E-state index contributed by atoms with van der Waals surface area (Å²) in [6.45, 7) is 0. The molecule has 1 nitrogen and oxygen atoms in total. The van der Waals surface area contributed by atoms with Crippen molar-refractivity contribution in [2.24, 2.45) is 0 Å². The standard InChI is InChI=1S/C9H5ClNS/c10-8-6-12-5-7(8)9-3-1-2-4-11-9/h1-4,6H. The highest BCUT2D eigenvalue weighted by atomic mass is 35.5. The molecule has 0 saturated heterocycles. The Hall–Kier alpha value is -0.860. The molecule has 2 aromatic rings. The molecule has 3 heteroatoms. The molecular weight excluding hydrogens is 190 g/mol. The Bertz CT molecular complexity index is 369. The summed E-state index contributed by atoms with van der Waals surface area (Å²) in [4.78, 5) is 4.17. The van der Waals surface area contributed by atoms with E-state index in [-0.39, 0.29) is 0 Å². The Kier molecular flexibility index (Phi) is 2.11. The predicted molar refractivity (Wildman–Crippen MR) is 51.4 cm³/mol.